The summed E-state index contributed by atoms with van der Waals surface area (Å²) in [6.07, 6.45) is 0.0946. The topological polar surface area (TPSA) is 124 Å². The summed E-state index contributed by atoms with van der Waals surface area (Å²) in [5, 5.41) is 10.9. The number of anilines is 1. The second kappa shape index (κ2) is 6.58. The molecule has 2 N–H and O–H groups in total. The Balaban J connectivity index is 1.85. The average molecular weight is 359 g/mol. The van der Waals surface area contributed by atoms with Crippen LogP contribution in [0.15, 0.2) is 18.2 Å². The summed E-state index contributed by atoms with van der Waals surface area (Å²) in [6, 6.07) is 3.63. The van der Waals surface area contributed by atoms with Gasteiger partial charge in [-0.25, -0.2) is 0 Å². The monoisotopic (exact) mass is 359 g/mol. The first kappa shape index (κ1) is 17.6. The maximum absolute atomic E-state index is 12.7. The van der Waals surface area contributed by atoms with Gasteiger partial charge in [0.05, 0.1) is 17.5 Å². The van der Waals surface area contributed by atoms with Crippen LogP contribution in [0.25, 0.3) is 0 Å². The summed E-state index contributed by atoms with van der Waals surface area (Å²) in [4.78, 5) is 61.8. The molecular formula is C17H17N3O6. The predicted octanol–water partition coefficient (Wildman–Crippen LogP) is -0.00130. The van der Waals surface area contributed by atoms with Gasteiger partial charge in [0.15, 0.2) is 0 Å². The van der Waals surface area contributed by atoms with Crippen LogP contribution in [0.3, 0.4) is 0 Å². The van der Waals surface area contributed by atoms with E-state index in [1.165, 1.54) is 12.1 Å². The molecule has 0 radical (unpaired) electrons. The number of imide groups is 2. The first-order valence-corrected chi connectivity index (χ1v) is 8.08. The van der Waals surface area contributed by atoms with E-state index in [1.54, 1.807) is 18.0 Å². The summed E-state index contributed by atoms with van der Waals surface area (Å²) in [5.74, 6) is -3.18. The normalized spacial score (nSPS) is 19.4. The van der Waals surface area contributed by atoms with E-state index in [4.69, 9.17) is 5.11 Å². The Hall–Kier alpha value is -3.23. The third kappa shape index (κ3) is 3.03. The van der Waals surface area contributed by atoms with Crippen molar-refractivity contribution in [1.29, 1.82) is 0 Å². The number of carbonyl (C=O) groups is 5. The van der Waals surface area contributed by atoms with Crippen LogP contribution in [0, 0.1) is 0 Å². The molecule has 1 unspecified atom stereocenters. The van der Waals surface area contributed by atoms with E-state index in [0.29, 0.717) is 5.69 Å². The summed E-state index contributed by atoms with van der Waals surface area (Å²) in [5.41, 5.74) is 0.950. The van der Waals surface area contributed by atoms with Gasteiger partial charge in [0, 0.05) is 25.7 Å². The Labute approximate surface area is 148 Å². The van der Waals surface area contributed by atoms with Crippen molar-refractivity contribution in [2.24, 2.45) is 0 Å². The lowest BCUT2D eigenvalue weighted by Crippen LogP contribution is -2.54. The Morgan fingerprint density at radius 2 is 1.92 bits per heavy atom. The molecule has 9 nitrogen and oxygen atoms in total. The fourth-order valence-electron chi connectivity index (χ4n) is 3.09. The molecule has 0 aliphatic carbocycles. The number of carbonyl (C=O) groups excluding carboxylic acids is 4. The zero-order valence-electron chi connectivity index (χ0n) is 14.0. The summed E-state index contributed by atoms with van der Waals surface area (Å²) in [6.45, 7) is 0.243. The number of nitrogens with zero attached hydrogens (tertiary/aromatic N) is 2. The van der Waals surface area contributed by atoms with Crippen molar-refractivity contribution in [3.63, 3.8) is 0 Å². The molecule has 26 heavy (non-hydrogen) atoms. The minimum atomic E-state index is -1.01. The van der Waals surface area contributed by atoms with E-state index >= 15 is 0 Å². The van der Waals surface area contributed by atoms with Crippen LogP contribution in [-0.2, 0) is 14.4 Å². The van der Waals surface area contributed by atoms with Crippen LogP contribution in [0.4, 0.5) is 5.69 Å². The quantitative estimate of drug-likeness (QED) is 0.709. The molecule has 2 aliphatic rings. The number of benzene rings is 1. The number of amides is 4. The van der Waals surface area contributed by atoms with E-state index in [-0.39, 0.29) is 36.9 Å². The van der Waals surface area contributed by atoms with E-state index in [1.807, 2.05) is 0 Å². The highest BCUT2D eigenvalue weighted by Crippen LogP contribution is 2.30. The summed E-state index contributed by atoms with van der Waals surface area (Å²) < 4.78 is 0. The van der Waals surface area contributed by atoms with E-state index < -0.39 is 35.6 Å². The van der Waals surface area contributed by atoms with Crippen molar-refractivity contribution in [2.75, 3.05) is 18.5 Å². The SMILES string of the molecule is CN(CCC(=O)O)c1ccc2c(c1)C(=O)N(C1CCC(=O)NC1=O)C2=O. The van der Waals surface area contributed by atoms with Crippen molar-refractivity contribution >= 4 is 35.3 Å². The van der Waals surface area contributed by atoms with Crippen molar-refractivity contribution in [3.05, 3.63) is 29.3 Å². The average Bonchev–Trinajstić information content (AvgIpc) is 2.84. The first-order valence-electron chi connectivity index (χ1n) is 8.08. The van der Waals surface area contributed by atoms with E-state index in [2.05, 4.69) is 5.32 Å². The highest BCUT2D eigenvalue weighted by Gasteiger charge is 2.44. The molecule has 1 aromatic rings. The molecule has 1 aromatic carbocycles. The zero-order chi connectivity index (χ0) is 19.0. The van der Waals surface area contributed by atoms with Gasteiger partial charge in [-0.05, 0) is 24.6 Å². The second-order valence-corrected chi connectivity index (χ2v) is 6.24. The van der Waals surface area contributed by atoms with Gasteiger partial charge in [-0.2, -0.15) is 0 Å². The second-order valence-electron chi connectivity index (χ2n) is 6.24. The van der Waals surface area contributed by atoms with Gasteiger partial charge in [-0.3, -0.25) is 34.2 Å². The smallest absolute Gasteiger partial charge is 0.305 e. The number of carboxylic acid groups (broad SMARTS) is 1. The molecule has 1 fully saturated rings. The van der Waals surface area contributed by atoms with Gasteiger partial charge in [0.1, 0.15) is 6.04 Å². The lowest BCUT2D eigenvalue weighted by Gasteiger charge is -2.27. The summed E-state index contributed by atoms with van der Waals surface area (Å²) in [7, 11) is 1.68. The number of hydrogen-bond acceptors (Lipinski definition) is 6. The van der Waals surface area contributed by atoms with Gasteiger partial charge < -0.3 is 10.0 Å². The van der Waals surface area contributed by atoms with Crippen molar-refractivity contribution in [2.45, 2.75) is 25.3 Å². The van der Waals surface area contributed by atoms with Crippen molar-refractivity contribution in [1.82, 2.24) is 10.2 Å². The van der Waals surface area contributed by atoms with Crippen LogP contribution < -0.4 is 10.2 Å². The number of nitrogens with one attached hydrogen (secondary N) is 1. The lowest BCUT2D eigenvalue weighted by molar-refractivity contribution is -0.137. The molecule has 3 rings (SSSR count). The first-order chi connectivity index (χ1) is 12.3. The number of aliphatic carboxylic acids is 1. The summed E-state index contributed by atoms with van der Waals surface area (Å²) >= 11 is 0. The number of piperidine rings is 1. The maximum Gasteiger partial charge on any atom is 0.305 e. The van der Waals surface area contributed by atoms with Crippen LogP contribution >= 0.6 is 0 Å². The van der Waals surface area contributed by atoms with Gasteiger partial charge in [0.25, 0.3) is 11.8 Å². The lowest BCUT2D eigenvalue weighted by atomic mass is 10.0. The van der Waals surface area contributed by atoms with Crippen LogP contribution in [0.2, 0.25) is 0 Å². The van der Waals surface area contributed by atoms with Crippen LogP contribution in [0.1, 0.15) is 40.0 Å². The largest absolute Gasteiger partial charge is 0.481 e. The molecule has 2 aliphatic heterocycles. The Morgan fingerprint density at radius 1 is 1.23 bits per heavy atom. The standard InChI is InChI=1S/C17H17N3O6/c1-19(7-6-14(22)23)9-2-3-10-11(8-9)17(26)20(16(10)25)12-4-5-13(21)18-15(12)24/h2-3,8,12H,4-7H2,1H3,(H,22,23)(H,18,21,24). The number of fused-ring (bicyclic) bond motifs is 1. The maximum atomic E-state index is 12.7. The molecule has 0 spiro atoms. The van der Waals surface area contributed by atoms with Crippen LogP contribution in [-0.4, -0.2) is 59.2 Å². The molecule has 136 valence electrons. The predicted molar refractivity (Wildman–Crippen MR) is 88.6 cm³/mol. The molecule has 1 atom stereocenters. The Morgan fingerprint density at radius 3 is 2.58 bits per heavy atom. The highest BCUT2D eigenvalue weighted by atomic mass is 16.4. The minimum Gasteiger partial charge on any atom is -0.481 e. The third-order valence-corrected chi connectivity index (χ3v) is 4.53. The highest BCUT2D eigenvalue weighted by molar-refractivity contribution is 6.23. The van der Waals surface area contributed by atoms with Gasteiger partial charge in [-0.1, -0.05) is 0 Å². The van der Waals surface area contributed by atoms with E-state index in [0.717, 1.165) is 4.90 Å². The number of rotatable bonds is 5. The number of hydrogen-bond donors (Lipinski definition) is 2. The Bertz CT molecular complexity index is 834. The molecular weight excluding hydrogens is 342 g/mol. The Kier molecular flexibility index (Phi) is 4.45. The molecule has 2 heterocycles. The fraction of sp³-hybridized carbons (Fsp3) is 0.353. The fourth-order valence-corrected chi connectivity index (χ4v) is 3.09. The van der Waals surface area contributed by atoms with Gasteiger partial charge >= 0.3 is 5.97 Å². The molecule has 0 saturated carbocycles. The van der Waals surface area contributed by atoms with Gasteiger partial charge in [0.2, 0.25) is 11.8 Å². The van der Waals surface area contributed by atoms with Gasteiger partial charge in [-0.15, -0.1) is 0 Å². The number of carboxylic acids is 1. The minimum absolute atomic E-state index is 0.0625. The third-order valence-electron chi connectivity index (χ3n) is 4.53. The van der Waals surface area contributed by atoms with E-state index in [9.17, 15) is 24.0 Å². The molecule has 9 heteroatoms. The molecule has 0 bridgehead atoms. The molecule has 1 saturated heterocycles. The molecule has 4 amide bonds. The van der Waals surface area contributed by atoms with Crippen molar-refractivity contribution < 1.29 is 29.1 Å². The molecule has 0 aromatic heterocycles. The zero-order valence-corrected chi connectivity index (χ0v) is 14.0. The van der Waals surface area contributed by atoms with Crippen molar-refractivity contribution in [3.8, 4) is 0 Å². The van der Waals surface area contributed by atoms with Crippen LogP contribution in [0.5, 0.6) is 0 Å².